The van der Waals surface area contributed by atoms with E-state index in [4.69, 9.17) is 4.42 Å². The normalized spacial score (nSPS) is 10.4. The van der Waals surface area contributed by atoms with Crippen LogP contribution in [-0.2, 0) is 17.9 Å². The van der Waals surface area contributed by atoms with Gasteiger partial charge in [-0.15, -0.1) is 0 Å². The maximum absolute atomic E-state index is 12.1. The Morgan fingerprint density at radius 3 is 2.70 bits per heavy atom. The maximum Gasteiger partial charge on any atom is 0.254 e. The lowest BCUT2D eigenvalue weighted by atomic mass is 10.1. The standard InChI is InChI=1S/C17H15N3O3/c21-16(18-10-14-7-4-8-23-14)11-20-12-19-15(9-17(20)22)13-5-2-1-3-6-13/h1-9,12H,10-11H2,(H,18,21). The summed E-state index contributed by atoms with van der Waals surface area (Å²) >= 11 is 0. The molecule has 0 aliphatic heterocycles. The van der Waals surface area contributed by atoms with Crippen LogP contribution in [0.2, 0.25) is 0 Å². The maximum atomic E-state index is 12.1. The molecule has 0 bridgehead atoms. The Labute approximate surface area is 132 Å². The third kappa shape index (κ3) is 3.74. The Balaban J connectivity index is 1.66. The number of hydrogen-bond acceptors (Lipinski definition) is 4. The molecule has 0 unspecified atom stereocenters. The van der Waals surface area contributed by atoms with Crippen molar-refractivity contribution in [3.63, 3.8) is 0 Å². The number of nitrogens with one attached hydrogen (secondary N) is 1. The van der Waals surface area contributed by atoms with Gasteiger partial charge in [-0.1, -0.05) is 30.3 Å². The molecule has 2 aromatic heterocycles. The predicted molar refractivity (Wildman–Crippen MR) is 84.5 cm³/mol. The predicted octanol–water partition coefficient (Wildman–Crippen LogP) is 1.82. The highest BCUT2D eigenvalue weighted by Crippen LogP contribution is 2.13. The van der Waals surface area contributed by atoms with Crippen molar-refractivity contribution in [2.75, 3.05) is 0 Å². The van der Waals surface area contributed by atoms with Gasteiger partial charge < -0.3 is 9.73 Å². The van der Waals surface area contributed by atoms with Gasteiger partial charge in [-0.05, 0) is 12.1 Å². The van der Waals surface area contributed by atoms with Crippen molar-refractivity contribution in [2.24, 2.45) is 0 Å². The quantitative estimate of drug-likeness (QED) is 0.780. The fourth-order valence-electron chi connectivity index (χ4n) is 2.12. The molecule has 23 heavy (non-hydrogen) atoms. The summed E-state index contributed by atoms with van der Waals surface area (Å²) in [4.78, 5) is 28.2. The average Bonchev–Trinajstić information content (AvgIpc) is 3.09. The number of amides is 1. The Bertz CT molecular complexity index is 839. The molecule has 0 aliphatic rings. The fraction of sp³-hybridized carbons (Fsp3) is 0.118. The minimum atomic E-state index is -0.280. The molecule has 1 amide bonds. The minimum absolute atomic E-state index is 0.0817. The highest BCUT2D eigenvalue weighted by Gasteiger charge is 2.07. The van der Waals surface area contributed by atoms with Crippen LogP contribution in [0.4, 0.5) is 0 Å². The molecule has 1 N–H and O–H groups in total. The molecule has 3 rings (SSSR count). The van der Waals surface area contributed by atoms with Gasteiger partial charge in [0, 0.05) is 11.6 Å². The molecule has 3 aromatic rings. The smallest absolute Gasteiger partial charge is 0.254 e. The number of rotatable bonds is 5. The van der Waals surface area contributed by atoms with Crippen LogP contribution in [0.1, 0.15) is 5.76 Å². The zero-order valence-electron chi connectivity index (χ0n) is 12.3. The van der Waals surface area contributed by atoms with E-state index in [0.29, 0.717) is 11.5 Å². The largest absolute Gasteiger partial charge is 0.467 e. The fourth-order valence-corrected chi connectivity index (χ4v) is 2.12. The third-order valence-electron chi connectivity index (χ3n) is 3.30. The summed E-state index contributed by atoms with van der Waals surface area (Å²) in [6.07, 6.45) is 2.93. The summed E-state index contributed by atoms with van der Waals surface area (Å²) < 4.78 is 6.39. The van der Waals surface area contributed by atoms with Crippen molar-refractivity contribution < 1.29 is 9.21 Å². The average molecular weight is 309 g/mol. The lowest BCUT2D eigenvalue weighted by Gasteiger charge is -2.07. The van der Waals surface area contributed by atoms with Crippen LogP contribution in [0.5, 0.6) is 0 Å². The SMILES string of the molecule is O=C(Cn1cnc(-c2ccccc2)cc1=O)NCc1ccco1. The van der Waals surface area contributed by atoms with E-state index >= 15 is 0 Å². The molecule has 0 radical (unpaired) electrons. The first-order valence-corrected chi connectivity index (χ1v) is 7.13. The summed E-state index contributed by atoms with van der Waals surface area (Å²) in [7, 11) is 0. The molecule has 6 nitrogen and oxygen atoms in total. The second kappa shape index (κ2) is 6.74. The summed E-state index contributed by atoms with van der Waals surface area (Å²) in [5.41, 5.74) is 1.17. The molecule has 0 saturated heterocycles. The summed E-state index contributed by atoms with van der Waals surface area (Å²) in [6, 6.07) is 14.4. The Kier molecular flexibility index (Phi) is 4.33. The summed E-state index contributed by atoms with van der Waals surface area (Å²) in [5, 5.41) is 2.69. The second-order valence-corrected chi connectivity index (χ2v) is 4.96. The molecular weight excluding hydrogens is 294 g/mol. The molecule has 0 aliphatic carbocycles. The van der Waals surface area contributed by atoms with Gasteiger partial charge in [-0.25, -0.2) is 4.98 Å². The topological polar surface area (TPSA) is 77.1 Å². The highest BCUT2D eigenvalue weighted by molar-refractivity contribution is 5.75. The zero-order valence-corrected chi connectivity index (χ0v) is 12.3. The van der Waals surface area contributed by atoms with Gasteiger partial charge in [0.25, 0.3) is 5.56 Å². The van der Waals surface area contributed by atoms with E-state index < -0.39 is 0 Å². The van der Waals surface area contributed by atoms with Gasteiger partial charge in [0.1, 0.15) is 12.3 Å². The number of furan rings is 1. The van der Waals surface area contributed by atoms with E-state index in [1.54, 1.807) is 12.1 Å². The van der Waals surface area contributed by atoms with Crippen LogP contribution in [0.15, 0.2) is 70.3 Å². The van der Waals surface area contributed by atoms with Crippen molar-refractivity contribution in [1.29, 1.82) is 0 Å². The molecule has 0 saturated carbocycles. The van der Waals surface area contributed by atoms with E-state index in [-0.39, 0.29) is 24.6 Å². The zero-order chi connectivity index (χ0) is 16.1. The lowest BCUT2D eigenvalue weighted by molar-refractivity contribution is -0.122. The van der Waals surface area contributed by atoms with Gasteiger partial charge >= 0.3 is 0 Å². The Hall–Kier alpha value is -3.15. The monoisotopic (exact) mass is 309 g/mol. The van der Waals surface area contributed by atoms with Crippen LogP contribution in [0, 0.1) is 0 Å². The Morgan fingerprint density at radius 2 is 2.00 bits per heavy atom. The number of carbonyl (C=O) groups is 1. The van der Waals surface area contributed by atoms with Gasteiger partial charge in [0.2, 0.25) is 5.91 Å². The van der Waals surface area contributed by atoms with Gasteiger partial charge in [-0.2, -0.15) is 0 Å². The molecule has 116 valence electrons. The van der Waals surface area contributed by atoms with Crippen molar-refractivity contribution >= 4 is 5.91 Å². The first-order chi connectivity index (χ1) is 11.2. The lowest BCUT2D eigenvalue weighted by Crippen LogP contribution is -2.31. The van der Waals surface area contributed by atoms with Crippen molar-refractivity contribution in [3.8, 4) is 11.3 Å². The van der Waals surface area contributed by atoms with Gasteiger partial charge in [0.15, 0.2) is 0 Å². The highest BCUT2D eigenvalue weighted by atomic mass is 16.3. The summed E-state index contributed by atoms with van der Waals surface area (Å²) in [5.74, 6) is 0.376. The van der Waals surface area contributed by atoms with Crippen LogP contribution < -0.4 is 10.9 Å². The van der Waals surface area contributed by atoms with Crippen LogP contribution in [0.3, 0.4) is 0 Å². The van der Waals surface area contributed by atoms with Crippen molar-refractivity contribution in [1.82, 2.24) is 14.9 Å². The molecule has 0 atom stereocenters. The second-order valence-electron chi connectivity index (χ2n) is 4.96. The van der Waals surface area contributed by atoms with E-state index in [2.05, 4.69) is 10.3 Å². The first kappa shape index (κ1) is 14.8. The van der Waals surface area contributed by atoms with E-state index in [1.807, 2.05) is 30.3 Å². The summed E-state index contributed by atoms with van der Waals surface area (Å²) in [6.45, 7) is 0.206. The van der Waals surface area contributed by atoms with E-state index in [9.17, 15) is 9.59 Å². The van der Waals surface area contributed by atoms with Crippen LogP contribution in [0.25, 0.3) is 11.3 Å². The Morgan fingerprint density at radius 1 is 1.17 bits per heavy atom. The minimum Gasteiger partial charge on any atom is -0.467 e. The van der Waals surface area contributed by atoms with Crippen LogP contribution in [-0.4, -0.2) is 15.5 Å². The first-order valence-electron chi connectivity index (χ1n) is 7.13. The molecular formula is C17H15N3O3. The van der Waals surface area contributed by atoms with Gasteiger partial charge in [0.05, 0.1) is 24.8 Å². The van der Waals surface area contributed by atoms with Crippen molar-refractivity contribution in [3.05, 3.63) is 77.2 Å². The molecule has 1 aromatic carbocycles. The number of nitrogens with zero attached hydrogens (tertiary/aromatic N) is 2. The number of carbonyl (C=O) groups excluding carboxylic acids is 1. The molecule has 6 heteroatoms. The van der Waals surface area contributed by atoms with Crippen molar-refractivity contribution in [2.45, 2.75) is 13.1 Å². The third-order valence-corrected chi connectivity index (χ3v) is 3.30. The van der Waals surface area contributed by atoms with Gasteiger partial charge in [-0.3, -0.25) is 14.2 Å². The van der Waals surface area contributed by atoms with E-state index in [1.165, 1.54) is 23.2 Å². The molecule has 0 fully saturated rings. The van der Waals surface area contributed by atoms with E-state index in [0.717, 1.165) is 5.56 Å². The number of hydrogen-bond donors (Lipinski definition) is 1. The molecule has 2 heterocycles. The number of benzene rings is 1. The number of aromatic nitrogens is 2. The molecule has 0 spiro atoms. The van der Waals surface area contributed by atoms with Crippen LogP contribution >= 0.6 is 0 Å².